The number of carbonyl (C=O) groups is 1. The summed E-state index contributed by atoms with van der Waals surface area (Å²) in [6.45, 7) is 4.31. The molecule has 2 heteroatoms. The number of benzene rings is 1. The zero-order chi connectivity index (χ0) is 11.3. The van der Waals surface area contributed by atoms with Crippen LogP contribution in [-0.4, -0.2) is 11.7 Å². The highest BCUT2D eigenvalue weighted by molar-refractivity contribution is 6.29. The van der Waals surface area contributed by atoms with Crippen molar-refractivity contribution in [2.45, 2.75) is 19.8 Å². The fraction of sp³-hybridized carbons (Fsp3) is 0.308. The van der Waals surface area contributed by atoms with Crippen LogP contribution in [0.3, 0.4) is 0 Å². The molecule has 80 valence electrons. The van der Waals surface area contributed by atoms with Crippen LogP contribution in [-0.2, 0) is 4.79 Å². The van der Waals surface area contributed by atoms with Crippen molar-refractivity contribution >= 4 is 23.5 Å². The molecule has 0 unspecified atom stereocenters. The lowest BCUT2D eigenvalue weighted by atomic mass is 10.0. The average molecular weight is 223 g/mol. The molecule has 1 aromatic carbocycles. The van der Waals surface area contributed by atoms with Crippen LogP contribution in [0.5, 0.6) is 0 Å². The van der Waals surface area contributed by atoms with Crippen LogP contribution in [0.2, 0.25) is 0 Å². The molecule has 0 amide bonds. The Morgan fingerprint density at radius 3 is 2.40 bits per heavy atom. The maximum absolute atomic E-state index is 10.9. The molecule has 0 saturated carbocycles. The van der Waals surface area contributed by atoms with E-state index in [1.165, 1.54) is 11.6 Å². The lowest BCUT2D eigenvalue weighted by molar-refractivity contribution is -0.112. The maximum Gasteiger partial charge on any atom is 0.170 e. The van der Waals surface area contributed by atoms with Gasteiger partial charge in [0.05, 0.1) is 5.88 Å². The van der Waals surface area contributed by atoms with Gasteiger partial charge in [-0.2, -0.15) is 0 Å². The molecule has 0 bridgehead atoms. The fourth-order valence-corrected chi connectivity index (χ4v) is 1.31. The van der Waals surface area contributed by atoms with Crippen molar-refractivity contribution in [1.29, 1.82) is 0 Å². The van der Waals surface area contributed by atoms with Crippen molar-refractivity contribution in [3.63, 3.8) is 0 Å². The second kappa shape index (κ2) is 5.72. The predicted octanol–water partition coefficient (Wildman–Crippen LogP) is 3.63. The first-order chi connectivity index (χ1) is 7.13. The Morgan fingerprint density at radius 2 is 1.93 bits per heavy atom. The predicted molar refractivity (Wildman–Crippen MR) is 65.3 cm³/mol. The minimum atomic E-state index is -0.0652. The number of halogens is 1. The molecule has 1 nitrogen and oxygen atoms in total. The van der Waals surface area contributed by atoms with Crippen LogP contribution in [0.1, 0.15) is 30.9 Å². The highest BCUT2D eigenvalue weighted by atomic mass is 35.5. The Labute approximate surface area is 95.8 Å². The van der Waals surface area contributed by atoms with Gasteiger partial charge in [-0.3, -0.25) is 4.79 Å². The van der Waals surface area contributed by atoms with E-state index in [2.05, 4.69) is 26.0 Å². The van der Waals surface area contributed by atoms with Gasteiger partial charge in [0.1, 0.15) is 0 Å². The van der Waals surface area contributed by atoms with Crippen LogP contribution < -0.4 is 0 Å². The molecule has 0 fully saturated rings. The normalized spacial score (nSPS) is 11.2. The van der Waals surface area contributed by atoms with E-state index in [0.29, 0.717) is 5.92 Å². The molecule has 0 radical (unpaired) electrons. The minimum absolute atomic E-state index is 0.0422. The van der Waals surface area contributed by atoms with Gasteiger partial charge in [0, 0.05) is 0 Å². The second-order valence-corrected chi connectivity index (χ2v) is 4.02. The van der Waals surface area contributed by atoms with E-state index in [-0.39, 0.29) is 11.7 Å². The second-order valence-electron chi connectivity index (χ2n) is 3.75. The standard InChI is InChI=1S/C13H15ClO/c1-10(2)12-6-3-11(4-7-12)5-8-13(15)9-14/h3-8,10H,9H2,1-2H3. The van der Waals surface area contributed by atoms with Gasteiger partial charge < -0.3 is 0 Å². The summed E-state index contributed by atoms with van der Waals surface area (Å²) in [4.78, 5) is 10.9. The van der Waals surface area contributed by atoms with Crippen LogP contribution in [0.4, 0.5) is 0 Å². The van der Waals surface area contributed by atoms with Crippen LogP contribution >= 0.6 is 11.6 Å². The fourth-order valence-electron chi connectivity index (χ4n) is 1.23. The zero-order valence-corrected chi connectivity index (χ0v) is 9.79. The first-order valence-electron chi connectivity index (χ1n) is 5.00. The van der Waals surface area contributed by atoms with Gasteiger partial charge in [-0.05, 0) is 23.1 Å². The van der Waals surface area contributed by atoms with Gasteiger partial charge in [0.2, 0.25) is 0 Å². The number of hydrogen-bond acceptors (Lipinski definition) is 1. The van der Waals surface area contributed by atoms with E-state index >= 15 is 0 Å². The number of alkyl halides is 1. The quantitative estimate of drug-likeness (QED) is 0.562. The molecule has 0 N–H and O–H groups in total. The Hall–Kier alpha value is -1.08. The third-order valence-electron chi connectivity index (χ3n) is 2.20. The first-order valence-corrected chi connectivity index (χ1v) is 5.53. The van der Waals surface area contributed by atoms with Crippen molar-refractivity contribution in [3.05, 3.63) is 41.5 Å². The third kappa shape index (κ3) is 3.88. The largest absolute Gasteiger partial charge is 0.294 e. The molecule has 1 rings (SSSR count). The summed E-state index contributed by atoms with van der Waals surface area (Å²) in [7, 11) is 0. The van der Waals surface area contributed by atoms with Gasteiger partial charge >= 0.3 is 0 Å². The monoisotopic (exact) mass is 222 g/mol. The van der Waals surface area contributed by atoms with E-state index in [0.717, 1.165) is 5.56 Å². The van der Waals surface area contributed by atoms with Gasteiger partial charge in [-0.25, -0.2) is 0 Å². The van der Waals surface area contributed by atoms with Gasteiger partial charge in [0.25, 0.3) is 0 Å². The molecule has 0 aliphatic rings. The minimum Gasteiger partial charge on any atom is -0.294 e. The summed E-state index contributed by atoms with van der Waals surface area (Å²) in [5.41, 5.74) is 2.33. The third-order valence-corrected chi connectivity index (χ3v) is 2.46. The summed E-state index contributed by atoms with van der Waals surface area (Å²) in [6.07, 6.45) is 3.30. The number of carbonyl (C=O) groups excluding carboxylic acids is 1. The van der Waals surface area contributed by atoms with E-state index < -0.39 is 0 Å². The molecule has 0 aromatic heterocycles. The molecule has 0 saturated heterocycles. The number of rotatable bonds is 4. The molecule has 0 atom stereocenters. The Balaban J connectivity index is 2.72. The smallest absolute Gasteiger partial charge is 0.170 e. The number of hydrogen-bond donors (Lipinski definition) is 0. The van der Waals surface area contributed by atoms with Crippen LogP contribution in [0.25, 0.3) is 6.08 Å². The van der Waals surface area contributed by atoms with Crippen molar-refractivity contribution in [2.24, 2.45) is 0 Å². The molecule has 0 aliphatic carbocycles. The molecule has 0 aliphatic heterocycles. The van der Waals surface area contributed by atoms with E-state index in [9.17, 15) is 4.79 Å². The SMILES string of the molecule is CC(C)c1ccc(C=CC(=O)CCl)cc1. The summed E-state index contributed by atoms with van der Waals surface area (Å²) >= 11 is 5.38. The highest BCUT2D eigenvalue weighted by Crippen LogP contribution is 2.15. The molecular weight excluding hydrogens is 208 g/mol. The zero-order valence-electron chi connectivity index (χ0n) is 9.03. The van der Waals surface area contributed by atoms with Crippen molar-refractivity contribution in [1.82, 2.24) is 0 Å². The van der Waals surface area contributed by atoms with Gasteiger partial charge in [-0.1, -0.05) is 44.2 Å². The van der Waals surface area contributed by atoms with E-state index in [1.54, 1.807) is 6.08 Å². The van der Waals surface area contributed by atoms with Crippen molar-refractivity contribution in [3.8, 4) is 0 Å². The van der Waals surface area contributed by atoms with Crippen molar-refractivity contribution in [2.75, 3.05) is 5.88 Å². The molecule has 1 aromatic rings. The van der Waals surface area contributed by atoms with E-state index in [1.807, 2.05) is 12.1 Å². The summed E-state index contributed by atoms with van der Waals surface area (Å²) in [6, 6.07) is 8.17. The number of allylic oxidation sites excluding steroid dienone is 1. The van der Waals surface area contributed by atoms with Crippen LogP contribution in [0, 0.1) is 0 Å². The first kappa shape index (κ1) is 12.0. The summed E-state index contributed by atoms with van der Waals surface area (Å²) in [5, 5.41) is 0. The molecule has 0 heterocycles. The lowest BCUT2D eigenvalue weighted by Crippen LogP contribution is -1.92. The molecular formula is C13H15ClO. The van der Waals surface area contributed by atoms with Crippen molar-refractivity contribution < 1.29 is 4.79 Å². The number of ketones is 1. The Kier molecular flexibility index (Phi) is 4.57. The molecule has 15 heavy (non-hydrogen) atoms. The maximum atomic E-state index is 10.9. The van der Waals surface area contributed by atoms with Crippen LogP contribution in [0.15, 0.2) is 30.3 Å². The summed E-state index contributed by atoms with van der Waals surface area (Å²) < 4.78 is 0. The summed E-state index contributed by atoms with van der Waals surface area (Å²) in [5.74, 6) is 0.512. The Morgan fingerprint density at radius 1 is 1.33 bits per heavy atom. The highest BCUT2D eigenvalue weighted by Gasteiger charge is 1.97. The average Bonchev–Trinajstić information content (AvgIpc) is 2.26. The topological polar surface area (TPSA) is 17.1 Å². The van der Waals surface area contributed by atoms with Gasteiger partial charge in [0.15, 0.2) is 5.78 Å². The lowest BCUT2D eigenvalue weighted by Gasteiger charge is -2.04. The Bertz CT molecular complexity index is 349. The van der Waals surface area contributed by atoms with Gasteiger partial charge in [-0.15, -0.1) is 11.6 Å². The van der Waals surface area contributed by atoms with E-state index in [4.69, 9.17) is 11.6 Å². The molecule has 0 spiro atoms.